The van der Waals surface area contributed by atoms with Gasteiger partial charge in [-0.1, -0.05) is 0 Å². The minimum atomic E-state index is -3.03. The van der Waals surface area contributed by atoms with Crippen molar-refractivity contribution in [3.05, 3.63) is 48.2 Å². The quantitative estimate of drug-likeness (QED) is 0.585. The lowest BCUT2D eigenvalue weighted by molar-refractivity contribution is 0.0894. The fourth-order valence-corrected chi connectivity index (χ4v) is 5.37. The number of hydrogen-bond donors (Lipinski definition) is 1. The SMILES string of the molecule is CC1(NC(=O)c2cc3cc(Oc4ncc(F)cc4OC4CC4)ccn3n2)CCS(=O)(=O)CC1. The van der Waals surface area contributed by atoms with Crippen molar-refractivity contribution in [2.45, 2.75) is 44.2 Å². The van der Waals surface area contributed by atoms with Crippen LogP contribution in [-0.4, -0.2) is 52.1 Å². The maximum Gasteiger partial charge on any atom is 0.272 e. The van der Waals surface area contributed by atoms with E-state index in [1.165, 1.54) is 10.6 Å². The molecule has 0 atom stereocenters. The Bertz CT molecular complexity index is 1320. The van der Waals surface area contributed by atoms with Crippen molar-refractivity contribution in [2.24, 2.45) is 0 Å². The summed E-state index contributed by atoms with van der Waals surface area (Å²) >= 11 is 0. The number of nitrogens with one attached hydrogen (secondary N) is 1. The number of ether oxygens (including phenoxy) is 2. The van der Waals surface area contributed by atoms with E-state index < -0.39 is 21.2 Å². The van der Waals surface area contributed by atoms with Gasteiger partial charge in [-0.05, 0) is 44.7 Å². The van der Waals surface area contributed by atoms with Gasteiger partial charge < -0.3 is 14.8 Å². The fourth-order valence-electron chi connectivity index (χ4n) is 3.65. The van der Waals surface area contributed by atoms with E-state index in [1.807, 2.05) is 6.92 Å². The third kappa shape index (κ3) is 4.92. The number of hydrogen-bond acceptors (Lipinski definition) is 7. The number of halogens is 1. The molecule has 33 heavy (non-hydrogen) atoms. The van der Waals surface area contributed by atoms with Crippen molar-refractivity contribution in [3.8, 4) is 17.4 Å². The van der Waals surface area contributed by atoms with Gasteiger partial charge in [0, 0.05) is 23.9 Å². The standard InChI is InChI=1S/C22H23FN4O5S/c1-22(5-8-33(29,30)9-6-22)25-20(28)18-12-15-11-17(4-7-27(15)26-18)32-21-19(31-16-2-3-16)10-14(23)13-24-21/h4,7,10-13,16H,2-3,5-6,8-9H2,1H3,(H,25,28). The summed E-state index contributed by atoms with van der Waals surface area (Å²) in [5, 5.41) is 7.23. The van der Waals surface area contributed by atoms with Crippen molar-refractivity contribution in [2.75, 3.05) is 11.5 Å². The summed E-state index contributed by atoms with van der Waals surface area (Å²) in [5.74, 6) is 0.0592. The molecule has 0 unspecified atom stereocenters. The van der Waals surface area contributed by atoms with Gasteiger partial charge in [0.15, 0.2) is 11.4 Å². The maximum atomic E-state index is 13.6. The molecule has 1 saturated carbocycles. The van der Waals surface area contributed by atoms with Crippen LogP contribution in [-0.2, 0) is 9.84 Å². The molecule has 4 heterocycles. The van der Waals surface area contributed by atoms with Crippen molar-refractivity contribution >= 4 is 21.3 Å². The van der Waals surface area contributed by atoms with Gasteiger partial charge in [-0.3, -0.25) is 4.79 Å². The molecule has 3 aromatic heterocycles. The third-order valence-corrected chi connectivity index (χ3v) is 7.48. The number of carbonyl (C=O) groups is 1. The third-order valence-electron chi connectivity index (χ3n) is 5.83. The van der Waals surface area contributed by atoms with Crippen molar-refractivity contribution in [1.82, 2.24) is 19.9 Å². The van der Waals surface area contributed by atoms with Gasteiger partial charge in [-0.15, -0.1) is 0 Å². The minimum Gasteiger partial charge on any atom is -0.485 e. The van der Waals surface area contributed by atoms with E-state index in [4.69, 9.17) is 9.47 Å². The summed E-state index contributed by atoms with van der Waals surface area (Å²) in [5.41, 5.74) is 0.221. The van der Waals surface area contributed by atoms with Gasteiger partial charge in [-0.2, -0.15) is 5.10 Å². The van der Waals surface area contributed by atoms with Crippen LogP contribution in [0.3, 0.4) is 0 Å². The molecule has 3 aromatic rings. The van der Waals surface area contributed by atoms with Crippen LogP contribution in [0, 0.1) is 5.82 Å². The molecule has 5 rings (SSSR count). The zero-order chi connectivity index (χ0) is 23.2. The molecule has 1 amide bonds. The van der Waals surface area contributed by atoms with Crippen LogP contribution in [0.25, 0.3) is 5.52 Å². The Kier molecular flexibility index (Phi) is 5.23. The Balaban J connectivity index is 1.32. The lowest BCUT2D eigenvalue weighted by Gasteiger charge is -2.34. The van der Waals surface area contributed by atoms with E-state index in [9.17, 15) is 17.6 Å². The number of nitrogens with zero attached hydrogens (tertiary/aromatic N) is 3. The van der Waals surface area contributed by atoms with E-state index in [1.54, 1.807) is 24.4 Å². The second-order valence-corrected chi connectivity index (χ2v) is 11.1. The molecule has 11 heteroatoms. The van der Waals surface area contributed by atoms with Crippen LogP contribution in [0.4, 0.5) is 4.39 Å². The number of rotatable bonds is 6. The predicted octanol–water partition coefficient (Wildman–Crippen LogP) is 2.90. The van der Waals surface area contributed by atoms with Crippen molar-refractivity contribution in [3.63, 3.8) is 0 Å². The molecule has 2 aliphatic rings. The van der Waals surface area contributed by atoms with Gasteiger partial charge in [0.1, 0.15) is 21.4 Å². The van der Waals surface area contributed by atoms with E-state index in [0.29, 0.717) is 24.1 Å². The first-order valence-corrected chi connectivity index (χ1v) is 12.5. The summed E-state index contributed by atoms with van der Waals surface area (Å²) in [6.45, 7) is 1.85. The molecular formula is C22H23FN4O5S. The number of pyridine rings is 2. The highest BCUT2D eigenvalue weighted by molar-refractivity contribution is 7.91. The molecule has 0 aromatic carbocycles. The molecule has 1 N–H and O–H groups in total. The van der Waals surface area contributed by atoms with Gasteiger partial charge in [0.25, 0.3) is 11.8 Å². The highest BCUT2D eigenvalue weighted by Gasteiger charge is 2.35. The van der Waals surface area contributed by atoms with Crippen molar-refractivity contribution in [1.29, 1.82) is 0 Å². The van der Waals surface area contributed by atoms with E-state index in [0.717, 1.165) is 19.0 Å². The van der Waals surface area contributed by atoms with Crippen LogP contribution in [0.15, 0.2) is 36.7 Å². The zero-order valence-electron chi connectivity index (χ0n) is 18.0. The lowest BCUT2D eigenvalue weighted by atomic mass is 9.94. The van der Waals surface area contributed by atoms with Crippen LogP contribution < -0.4 is 14.8 Å². The highest BCUT2D eigenvalue weighted by atomic mass is 32.2. The summed E-state index contributed by atoms with van der Waals surface area (Å²) in [6.07, 6.45) is 5.31. The van der Waals surface area contributed by atoms with Gasteiger partial charge >= 0.3 is 0 Å². The number of amides is 1. The zero-order valence-corrected chi connectivity index (χ0v) is 18.8. The molecular weight excluding hydrogens is 451 g/mol. The number of carbonyl (C=O) groups excluding carboxylic acids is 1. The lowest BCUT2D eigenvalue weighted by Crippen LogP contribution is -2.51. The van der Waals surface area contributed by atoms with Crippen LogP contribution >= 0.6 is 0 Å². The van der Waals surface area contributed by atoms with E-state index in [2.05, 4.69) is 15.4 Å². The summed E-state index contributed by atoms with van der Waals surface area (Å²) in [6, 6.07) is 6.20. The van der Waals surface area contributed by atoms with Gasteiger partial charge in [0.2, 0.25) is 0 Å². The first-order valence-electron chi connectivity index (χ1n) is 10.7. The second kappa shape index (κ2) is 7.98. The van der Waals surface area contributed by atoms with Crippen LogP contribution in [0.1, 0.15) is 43.1 Å². The van der Waals surface area contributed by atoms with Crippen LogP contribution in [0.5, 0.6) is 17.4 Å². The first-order chi connectivity index (χ1) is 15.7. The molecule has 1 aliphatic heterocycles. The molecule has 9 nitrogen and oxygen atoms in total. The molecule has 0 spiro atoms. The van der Waals surface area contributed by atoms with Crippen LogP contribution in [0.2, 0.25) is 0 Å². The highest BCUT2D eigenvalue weighted by Crippen LogP contribution is 2.35. The second-order valence-electron chi connectivity index (χ2n) is 8.80. The summed E-state index contributed by atoms with van der Waals surface area (Å²) in [7, 11) is -3.03. The number of aromatic nitrogens is 3. The number of sulfone groups is 1. The molecule has 2 fully saturated rings. The monoisotopic (exact) mass is 474 g/mol. The summed E-state index contributed by atoms with van der Waals surface area (Å²) in [4.78, 5) is 16.8. The Hall–Kier alpha value is -3.21. The Morgan fingerprint density at radius 1 is 1.24 bits per heavy atom. The Morgan fingerprint density at radius 3 is 2.73 bits per heavy atom. The van der Waals surface area contributed by atoms with Crippen molar-refractivity contribution < 1.29 is 27.1 Å². The smallest absolute Gasteiger partial charge is 0.272 e. The molecule has 1 aliphatic carbocycles. The first kappa shape index (κ1) is 21.6. The molecule has 174 valence electrons. The Labute approximate surface area is 189 Å². The molecule has 0 bridgehead atoms. The number of fused-ring (bicyclic) bond motifs is 1. The minimum absolute atomic E-state index is 0.0551. The topological polar surface area (TPSA) is 112 Å². The summed E-state index contributed by atoms with van der Waals surface area (Å²) < 4.78 is 50.0. The van der Waals surface area contributed by atoms with Gasteiger partial charge in [-0.25, -0.2) is 22.3 Å². The van der Waals surface area contributed by atoms with E-state index in [-0.39, 0.29) is 40.8 Å². The molecule has 0 radical (unpaired) electrons. The predicted molar refractivity (Wildman–Crippen MR) is 117 cm³/mol. The average Bonchev–Trinajstić information content (AvgIpc) is 3.47. The molecule has 1 saturated heterocycles. The Morgan fingerprint density at radius 2 is 2.00 bits per heavy atom. The average molecular weight is 475 g/mol. The van der Waals surface area contributed by atoms with Gasteiger partial charge in [0.05, 0.1) is 29.3 Å². The largest absolute Gasteiger partial charge is 0.485 e. The fraction of sp³-hybridized carbons (Fsp3) is 0.409. The normalized spacial score (nSPS) is 19.2. The maximum absolute atomic E-state index is 13.6. The van der Waals surface area contributed by atoms with E-state index >= 15 is 0 Å².